The Bertz CT molecular complexity index is 1100. The molecule has 35 heavy (non-hydrogen) atoms. The minimum atomic E-state index is 0.306. The van der Waals surface area contributed by atoms with Gasteiger partial charge in [0.1, 0.15) is 0 Å². The van der Waals surface area contributed by atoms with Crippen LogP contribution in [-0.2, 0) is 0 Å². The zero-order valence-corrected chi connectivity index (χ0v) is 23.0. The molecule has 1 aromatic heterocycles. The van der Waals surface area contributed by atoms with E-state index in [1.807, 2.05) is 38.1 Å². The first-order valence-corrected chi connectivity index (χ1v) is 13.0. The number of fused-ring (bicyclic) bond motifs is 1. The summed E-state index contributed by atoms with van der Waals surface area (Å²) in [5, 5.41) is 0. The first-order chi connectivity index (χ1) is 16.6. The zero-order valence-electron chi connectivity index (χ0n) is 23.0. The molecular formula is C32H45N3. The van der Waals surface area contributed by atoms with Crippen LogP contribution in [0.3, 0.4) is 0 Å². The van der Waals surface area contributed by atoms with Gasteiger partial charge in [0, 0.05) is 24.0 Å². The zero-order chi connectivity index (χ0) is 26.0. The Labute approximate surface area is 214 Å². The number of hydrogen-bond acceptors (Lipinski definition) is 3. The van der Waals surface area contributed by atoms with Gasteiger partial charge in [-0.25, -0.2) is 4.98 Å². The van der Waals surface area contributed by atoms with Crippen molar-refractivity contribution >= 4 is 11.0 Å². The Morgan fingerprint density at radius 3 is 2.23 bits per heavy atom. The van der Waals surface area contributed by atoms with Crippen LogP contribution in [0.1, 0.15) is 78.8 Å². The summed E-state index contributed by atoms with van der Waals surface area (Å²) < 4.78 is 0. The van der Waals surface area contributed by atoms with Gasteiger partial charge in [-0.1, -0.05) is 81.9 Å². The van der Waals surface area contributed by atoms with Crippen molar-refractivity contribution < 1.29 is 0 Å². The molecular weight excluding hydrogens is 426 g/mol. The largest absolute Gasteiger partial charge is 0.366 e. The van der Waals surface area contributed by atoms with Gasteiger partial charge in [-0.15, -0.1) is 0 Å². The van der Waals surface area contributed by atoms with Gasteiger partial charge in [0.2, 0.25) is 0 Å². The van der Waals surface area contributed by atoms with E-state index in [-0.39, 0.29) is 0 Å². The van der Waals surface area contributed by atoms with E-state index in [1.54, 1.807) is 6.20 Å². The number of likely N-dealkylation sites (tertiary alicyclic amines) is 1. The van der Waals surface area contributed by atoms with E-state index in [2.05, 4.69) is 74.5 Å². The van der Waals surface area contributed by atoms with Crippen LogP contribution in [0.15, 0.2) is 90.3 Å². The lowest BCUT2D eigenvalue weighted by atomic mass is 9.85. The summed E-state index contributed by atoms with van der Waals surface area (Å²) >= 11 is 0. The number of allylic oxidation sites excluding steroid dienone is 6. The van der Waals surface area contributed by atoms with Crippen molar-refractivity contribution in [2.75, 3.05) is 6.54 Å². The Morgan fingerprint density at radius 1 is 1.03 bits per heavy atom. The third-order valence-corrected chi connectivity index (χ3v) is 6.68. The molecule has 0 amide bonds. The molecule has 3 rings (SSSR count). The topological polar surface area (TPSA) is 29.0 Å². The fourth-order valence-electron chi connectivity index (χ4n) is 5.08. The molecule has 2 heterocycles. The van der Waals surface area contributed by atoms with Gasteiger partial charge < -0.3 is 4.90 Å². The Kier molecular flexibility index (Phi) is 10.7. The number of benzene rings is 1. The third kappa shape index (κ3) is 7.78. The molecule has 0 aliphatic carbocycles. The normalized spacial score (nSPS) is 15.7. The number of para-hydroxylation sites is 2. The number of aromatic nitrogens is 2. The predicted molar refractivity (Wildman–Crippen MR) is 153 cm³/mol. The van der Waals surface area contributed by atoms with Gasteiger partial charge in [0.25, 0.3) is 0 Å². The quantitative estimate of drug-likeness (QED) is 0.342. The highest BCUT2D eigenvalue weighted by molar-refractivity contribution is 5.73. The maximum atomic E-state index is 4.38. The summed E-state index contributed by atoms with van der Waals surface area (Å²) in [6, 6.07) is 7.86. The summed E-state index contributed by atoms with van der Waals surface area (Å²) in [6.07, 6.45) is 13.4. The third-order valence-electron chi connectivity index (χ3n) is 6.68. The smallest absolute Gasteiger partial charge is 0.0889 e. The highest BCUT2D eigenvalue weighted by Crippen LogP contribution is 2.43. The van der Waals surface area contributed by atoms with E-state index in [0.717, 1.165) is 40.8 Å². The van der Waals surface area contributed by atoms with Gasteiger partial charge in [0.15, 0.2) is 0 Å². The molecule has 0 radical (unpaired) electrons. The second-order valence-corrected chi connectivity index (χ2v) is 10.0. The van der Waals surface area contributed by atoms with Gasteiger partial charge >= 0.3 is 0 Å². The molecule has 0 saturated carbocycles. The van der Waals surface area contributed by atoms with Crippen molar-refractivity contribution in [2.24, 2.45) is 0 Å². The average Bonchev–Trinajstić information content (AvgIpc) is 3.09. The lowest BCUT2D eigenvalue weighted by Crippen LogP contribution is -2.43. The second kappa shape index (κ2) is 13.2. The van der Waals surface area contributed by atoms with E-state index in [4.69, 9.17) is 0 Å². The van der Waals surface area contributed by atoms with Crippen LogP contribution in [0.4, 0.5) is 0 Å². The summed E-state index contributed by atoms with van der Waals surface area (Å²) in [5.74, 6) is 0. The standard InChI is InChI=1S/C23H37N.C9H8N2/c1-9-14-23(15-10-2)16-13-21(8)24(23)17-20(7)22(19(5)6)12-11-18(3)4;1-7-6-10-8-4-2-3-5-9(8)11-7/h11-12H,3,5,8-10,13-17H2,1-2,4,6-7H3;2-6H,1H3/b12-11-,22-20-;. The van der Waals surface area contributed by atoms with Gasteiger partial charge in [-0.3, -0.25) is 4.98 Å². The van der Waals surface area contributed by atoms with Crippen LogP contribution in [0.25, 0.3) is 11.0 Å². The SMILES string of the molecule is C=C(C)/C=C\C(C(=C)C)=C(/C)CN1C(=C)CCC1(CCC)CCC.Cc1cnc2ccccc2n1. The van der Waals surface area contributed by atoms with E-state index in [0.29, 0.717) is 5.54 Å². The van der Waals surface area contributed by atoms with Gasteiger partial charge in [0.05, 0.1) is 16.7 Å². The molecule has 1 aliphatic heterocycles. The summed E-state index contributed by atoms with van der Waals surface area (Å²) in [6.45, 7) is 26.4. The van der Waals surface area contributed by atoms with Crippen molar-refractivity contribution in [2.45, 2.75) is 85.6 Å². The minimum Gasteiger partial charge on any atom is -0.366 e. The van der Waals surface area contributed by atoms with Crippen LogP contribution >= 0.6 is 0 Å². The number of rotatable bonds is 9. The number of aryl methyl sites for hydroxylation is 1. The fraction of sp³-hybridized carbons (Fsp3) is 0.438. The maximum Gasteiger partial charge on any atom is 0.0889 e. The molecule has 0 unspecified atom stereocenters. The molecule has 2 aromatic rings. The van der Waals surface area contributed by atoms with Crippen molar-refractivity contribution in [3.63, 3.8) is 0 Å². The van der Waals surface area contributed by atoms with Crippen molar-refractivity contribution in [3.05, 3.63) is 96.0 Å². The first-order valence-electron chi connectivity index (χ1n) is 13.0. The van der Waals surface area contributed by atoms with E-state index in [9.17, 15) is 0 Å². The summed E-state index contributed by atoms with van der Waals surface area (Å²) in [5.41, 5.74) is 9.31. The van der Waals surface area contributed by atoms with Crippen LogP contribution in [-0.4, -0.2) is 27.0 Å². The Hall–Kier alpha value is -2.94. The van der Waals surface area contributed by atoms with Crippen molar-refractivity contribution in [3.8, 4) is 0 Å². The molecule has 0 atom stereocenters. The molecule has 1 fully saturated rings. The fourth-order valence-corrected chi connectivity index (χ4v) is 5.08. The molecule has 0 bridgehead atoms. The monoisotopic (exact) mass is 471 g/mol. The molecule has 1 aliphatic rings. The highest BCUT2D eigenvalue weighted by atomic mass is 15.2. The molecule has 3 heteroatoms. The van der Waals surface area contributed by atoms with Crippen molar-refractivity contribution in [1.29, 1.82) is 0 Å². The average molecular weight is 472 g/mol. The number of hydrogen-bond donors (Lipinski definition) is 0. The molecule has 0 N–H and O–H groups in total. The van der Waals surface area contributed by atoms with Gasteiger partial charge in [-0.05, 0) is 76.7 Å². The van der Waals surface area contributed by atoms with E-state index >= 15 is 0 Å². The first kappa shape index (κ1) is 28.3. The molecule has 0 spiro atoms. The summed E-state index contributed by atoms with van der Waals surface area (Å²) in [4.78, 5) is 11.1. The predicted octanol–water partition coefficient (Wildman–Crippen LogP) is 8.90. The highest BCUT2D eigenvalue weighted by Gasteiger charge is 2.40. The van der Waals surface area contributed by atoms with Crippen LogP contribution < -0.4 is 0 Å². The second-order valence-electron chi connectivity index (χ2n) is 10.0. The van der Waals surface area contributed by atoms with E-state index < -0.39 is 0 Å². The molecule has 3 nitrogen and oxygen atoms in total. The van der Waals surface area contributed by atoms with Gasteiger partial charge in [-0.2, -0.15) is 0 Å². The lowest BCUT2D eigenvalue weighted by molar-refractivity contribution is 0.147. The summed E-state index contributed by atoms with van der Waals surface area (Å²) in [7, 11) is 0. The number of nitrogens with zero attached hydrogens (tertiary/aromatic N) is 3. The maximum absolute atomic E-state index is 4.38. The molecule has 1 aromatic carbocycles. The van der Waals surface area contributed by atoms with Crippen molar-refractivity contribution in [1.82, 2.24) is 14.9 Å². The van der Waals surface area contributed by atoms with Crippen LogP contribution in [0.5, 0.6) is 0 Å². The van der Waals surface area contributed by atoms with Crippen LogP contribution in [0, 0.1) is 6.92 Å². The Balaban J connectivity index is 0.000000322. The molecule has 1 saturated heterocycles. The van der Waals surface area contributed by atoms with E-state index in [1.165, 1.54) is 48.9 Å². The minimum absolute atomic E-state index is 0.306. The van der Waals surface area contributed by atoms with Crippen LogP contribution in [0.2, 0.25) is 0 Å². The lowest BCUT2D eigenvalue weighted by Gasteiger charge is -2.41. The molecule has 188 valence electrons. The Morgan fingerprint density at radius 2 is 1.66 bits per heavy atom.